The lowest BCUT2D eigenvalue weighted by atomic mass is 9.92. The first-order valence-electron chi connectivity index (χ1n) is 10.8. The molecule has 8 heteroatoms. The zero-order valence-electron chi connectivity index (χ0n) is 18.7. The van der Waals surface area contributed by atoms with Crippen LogP contribution in [0.1, 0.15) is 45.1 Å². The summed E-state index contributed by atoms with van der Waals surface area (Å²) in [5, 5.41) is 12.8. The summed E-state index contributed by atoms with van der Waals surface area (Å²) >= 11 is 0. The van der Waals surface area contributed by atoms with Gasteiger partial charge >= 0.3 is 12.0 Å². The molecule has 1 aliphatic rings. The number of benzene rings is 1. The van der Waals surface area contributed by atoms with E-state index >= 15 is 0 Å². The lowest BCUT2D eigenvalue weighted by Gasteiger charge is -2.40. The van der Waals surface area contributed by atoms with Crippen molar-refractivity contribution in [2.45, 2.75) is 45.6 Å². The Morgan fingerprint density at radius 1 is 1.35 bits per heavy atom. The smallest absolute Gasteiger partial charge is 0.316 e. The first-order chi connectivity index (χ1) is 14.9. The van der Waals surface area contributed by atoms with E-state index in [0.29, 0.717) is 25.1 Å². The first kappa shape index (κ1) is 22.8. The summed E-state index contributed by atoms with van der Waals surface area (Å²) in [7, 11) is 1.53. The number of carbonyl (C=O) groups is 1. The highest BCUT2D eigenvalue weighted by Crippen LogP contribution is 2.36. The molecule has 3 rings (SSSR count). The Bertz CT molecular complexity index is 872. The van der Waals surface area contributed by atoms with E-state index in [9.17, 15) is 9.90 Å². The third kappa shape index (κ3) is 5.64. The highest BCUT2D eigenvalue weighted by atomic mass is 16.5. The summed E-state index contributed by atoms with van der Waals surface area (Å²) in [6, 6.07) is 6.76. The zero-order valence-corrected chi connectivity index (χ0v) is 18.7. The molecule has 0 bridgehead atoms. The molecular formula is C23H32N4O4. The molecule has 1 saturated heterocycles. The van der Waals surface area contributed by atoms with Gasteiger partial charge in [0.25, 0.3) is 0 Å². The molecule has 1 fully saturated rings. The number of rotatable bonds is 9. The number of nitrogens with one attached hydrogen (secondary N) is 1. The molecule has 1 unspecified atom stereocenters. The Kier molecular flexibility index (Phi) is 7.68. The summed E-state index contributed by atoms with van der Waals surface area (Å²) in [5.41, 5.74) is 3.70. The van der Waals surface area contributed by atoms with E-state index in [2.05, 4.69) is 52.2 Å². The van der Waals surface area contributed by atoms with Gasteiger partial charge < -0.3 is 24.8 Å². The Balaban J connectivity index is 2.00. The van der Waals surface area contributed by atoms with Crippen molar-refractivity contribution in [3.8, 4) is 6.01 Å². The number of ether oxygens (including phenoxy) is 2. The van der Waals surface area contributed by atoms with Gasteiger partial charge in [0.15, 0.2) is 0 Å². The molecule has 0 amide bonds. The summed E-state index contributed by atoms with van der Waals surface area (Å²) < 4.78 is 10.8. The number of hydrogen-bond acceptors (Lipinski definition) is 7. The number of methoxy groups -OCH3 is 1. The molecule has 1 aromatic carbocycles. The summed E-state index contributed by atoms with van der Waals surface area (Å²) in [6.45, 7) is 8.56. The summed E-state index contributed by atoms with van der Waals surface area (Å²) in [4.78, 5) is 22.1. The standard InChI is InChI=1S/C23H32N4O4/c1-5-16(11-22(28)29)17-6-7-20(27-8-9-31-14-21(27)15(2)3)19(10-17)26-18-12-24-23(30-4)25-13-18/h6-7,10,12-13,15-16,21,26H,5,8-9,11,14H2,1-4H3,(H,28,29)/t16?,21-/m0/s1. The first-order valence-corrected chi connectivity index (χ1v) is 10.8. The van der Waals surface area contributed by atoms with Crippen LogP contribution in [0.3, 0.4) is 0 Å². The predicted octanol–water partition coefficient (Wildman–Crippen LogP) is 4.06. The molecule has 168 valence electrons. The minimum atomic E-state index is -0.790. The maximum Gasteiger partial charge on any atom is 0.316 e. The van der Waals surface area contributed by atoms with E-state index < -0.39 is 5.97 Å². The fourth-order valence-corrected chi connectivity index (χ4v) is 3.98. The Morgan fingerprint density at radius 2 is 2.10 bits per heavy atom. The van der Waals surface area contributed by atoms with Gasteiger partial charge in [0.05, 0.1) is 62.2 Å². The van der Waals surface area contributed by atoms with Gasteiger partial charge in [-0.1, -0.05) is 26.8 Å². The van der Waals surface area contributed by atoms with Crippen LogP contribution in [0.2, 0.25) is 0 Å². The third-order valence-corrected chi connectivity index (χ3v) is 5.74. The molecule has 31 heavy (non-hydrogen) atoms. The molecule has 1 aliphatic heterocycles. The highest BCUT2D eigenvalue weighted by molar-refractivity contribution is 5.77. The van der Waals surface area contributed by atoms with Crippen LogP contribution in [0.25, 0.3) is 0 Å². The van der Waals surface area contributed by atoms with Gasteiger partial charge in [-0.25, -0.2) is 9.97 Å². The Hall–Kier alpha value is -2.87. The van der Waals surface area contributed by atoms with Crippen LogP contribution in [-0.2, 0) is 9.53 Å². The second kappa shape index (κ2) is 10.4. The molecular weight excluding hydrogens is 396 g/mol. The third-order valence-electron chi connectivity index (χ3n) is 5.74. The van der Waals surface area contributed by atoms with E-state index in [-0.39, 0.29) is 18.4 Å². The van der Waals surface area contributed by atoms with Crippen molar-refractivity contribution in [2.75, 3.05) is 37.1 Å². The Labute approximate surface area is 183 Å². The van der Waals surface area contributed by atoms with Crippen molar-refractivity contribution in [1.82, 2.24) is 9.97 Å². The maximum atomic E-state index is 11.3. The topological polar surface area (TPSA) is 96.8 Å². The second-order valence-electron chi connectivity index (χ2n) is 8.14. The number of anilines is 3. The number of carboxylic acids is 1. The second-order valence-corrected chi connectivity index (χ2v) is 8.14. The van der Waals surface area contributed by atoms with Gasteiger partial charge in [0, 0.05) is 6.54 Å². The quantitative estimate of drug-likeness (QED) is 0.617. The van der Waals surface area contributed by atoms with Gasteiger partial charge in [-0.3, -0.25) is 4.79 Å². The molecule has 0 aliphatic carbocycles. The largest absolute Gasteiger partial charge is 0.481 e. The van der Waals surface area contributed by atoms with Crippen molar-refractivity contribution in [1.29, 1.82) is 0 Å². The molecule has 2 atom stereocenters. The number of aliphatic carboxylic acids is 1. The molecule has 2 N–H and O–H groups in total. The average molecular weight is 429 g/mol. The maximum absolute atomic E-state index is 11.3. The molecule has 8 nitrogen and oxygen atoms in total. The van der Waals surface area contributed by atoms with Crippen molar-refractivity contribution in [2.24, 2.45) is 5.92 Å². The monoisotopic (exact) mass is 428 g/mol. The van der Waals surface area contributed by atoms with Gasteiger partial charge in [-0.2, -0.15) is 0 Å². The van der Waals surface area contributed by atoms with Crippen molar-refractivity contribution < 1.29 is 19.4 Å². The van der Waals surface area contributed by atoms with Crippen LogP contribution in [0.15, 0.2) is 30.6 Å². The van der Waals surface area contributed by atoms with Gasteiger partial charge in [-0.05, 0) is 36.0 Å². The molecule has 2 aromatic rings. The van der Waals surface area contributed by atoms with Crippen LogP contribution >= 0.6 is 0 Å². The minimum absolute atomic E-state index is 0.0511. The number of aromatic nitrogens is 2. The van der Waals surface area contributed by atoms with E-state index in [4.69, 9.17) is 9.47 Å². The van der Waals surface area contributed by atoms with Crippen molar-refractivity contribution in [3.05, 3.63) is 36.2 Å². The minimum Gasteiger partial charge on any atom is -0.481 e. The lowest BCUT2D eigenvalue weighted by molar-refractivity contribution is -0.137. The SMILES string of the molecule is CCC(CC(=O)O)c1ccc(N2CCOC[C@H]2C(C)C)c(Nc2cnc(OC)nc2)c1. The fraction of sp³-hybridized carbons (Fsp3) is 0.522. The number of morpholine rings is 1. The molecule has 0 saturated carbocycles. The van der Waals surface area contributed by atoms with Gasteiger partial charge in [-0.15, -0.1) is 0 Å². The number of carboxylic acid groups (broad SMARTS) is 1. The number of nitrogens with zero attached hydrogens (tertiary/aromatic N) is 3. The van der Waals surface area contributed by atoms with E-state index in [1.165, 1.54) is 7.11 Å². The van der Waals surface area contributed by atoms with Gasteiger partial charge in [0.2, 0.25) is 0 Å². The summed E-state index contributed by atoms with van der Waals surface area (Å²) in [6.07, 6.45) is 4.21. The van der Waals surface area contributed by atoms with Crippen molar-refractivity contribution >= 4 is 23.0 Å². The Morgan fingerprint density at radius 3 is 2.71 bits per heavy atom. The highest BCUT2D eigenvalue weighted by Gasteiger charge is 2.28. The lowest BCUT2D eigenvalue weighted by Crippen LogP contribution is -2.48. The van der Waals surface area contributed by atoms with Crippen LogP contribution < -0.4 is 15.0 Å². The molecule has 1 aromatic heterocycles. The fourth-order valence-electron chi connectivity index (χ4n) is 3.98. The van der Waals surface area contributed by atoms with E-state index in [0.717, 1.165) is 35.6 Å². The van der Waals surface area contributed by atoms with Crippen LogP contribution in [-0.4, -0.2) is 54.0 Å². The van der Waals surface area contributed by atoms with Crippen LogP contribution in [0.4, 0.5) is 17.1 Å². The summed E-state index contributed by atoms with van der Waals surface area (Å²) in [5.74, 6) is -0.417. The molecule has 0 spiro atoms. The average Bonchev–Trinajstić information content (AvgIpc) is 2.78. The normalized spacial score (nSPS) is 17.5. The number of hydrogen-bond donors (Lipinski definition) is 2. The predicted molar refractivity (Wildman–Crippen MR) is 120 cm³/mol. The van der Waals surface area contributed by atoms with Gasteiger partial charge in [0.1, 0.15) is 0 Å². The van der Waals surface area contributed by atoms with Crippen LogP contribution in [0.5, 0.6) is 6.01 Å². The van der Waals surface area contributed by atoms with Crippen LogP contribution in [0, 0.1) is 5.92 Å². The van der Waals surface area contributed by atoms with E-state index in [1.807, 2.05) is 6.92 Å². The molecule has 2 heterocycles. The van der Waals surface area contributed by atoms with Crippen molar-refractivity contribution in [3.63, 3.8) is 0 Å². The molecule has 0 radical (unpaired) electrons. The zero-order chi connectivity index (χ0) is 22.4. The van der Waals surface area contributed by atoms with E-state index in [1.54, 1.807) is 12.4 Å².